The number of thioether (sulfide) groups is 1. The molecule has 1 atom stereocenters. The second kappa shape index (κ2) is 2.92. The number of hydrogen-bond acceptors (Lipinski definition) is 3. The summed E-state index contributed by atoms with van der Waals surface area (Å²) in [4.78, 5) is 20.6. The lowest BCUT2D eigenvalue weighted by Gasteiger charge is -1.96. The molecule has 0 saturated carbocycles. The Labute approximate surface area is 62.0 Å². The molecule has 0 aromatic carbocycles. The van der Waals surface area contributed by atoms with Crippen molar-refractivity contribution in [1.82, 2.24) is 5.32 Å². The van der Waals surface area contributed by atoms with E-state index < -0.39 is 5.97 Å². The van der Waals surface area contributed by atoms with Crippen LogP contribution < -0.4 is 5.32 Å². The minimum absolute atomic E-state index is 0.0133. The Balaban J connectivity index is 2.12. The van der Waals surface area contributed by atoms with Gasteiger partial charge in [-0.3, -0.25) is 9.59 Å². The van der Waals surface area contributed by atoms with Gasteiger partial charge in [0.1, 0.15) is 6.54 Å². The summed E-state index contributed by atoms with van der Waals surface area (Å²) in [6, 6.07) is 0. The number of carboxylic acid groups (broad SMARTS) is 1. The largest absolute Gasteiger partial charge is 0.480 e. The molecule has 1 aliphatic heterocycles. The van der Waals surface area contributed by atoms with E-state index in [1.165, 1.54) is 11.8 Å². The van der Waals surface area contributed by atoms with Crippen molar-refractivity contribution in [1.29, 1.82) is 0 Å². The van der Waals surface area contributed by atoms with Crippen LogP contribution in [-0.4, -0.2) is 34.5 Å². The number of nitrogens with one attached hydrogen (secondary N) is 1. The highest BCUT2D eigenvalue weighted by Crippen LogP contribution is 2.29. The van der Waals surface area contributed by atoms with Gasteiger partial charge < -0.3 is 10.4 Å². The zero-order valence-corrected chi connectivity index (χ0v) is 5.98. The molecule has 1 saturated heterocycles. The summed E-state index contributed by atoms with van der Waals surface area (Å²) in [6.07, 6.45) is 0. The fourth-order valence-electron chi connectivity index (χ4n) is 0.476. The molecule has 0 bridgehead atoms. The molecule has 1 rings (SSSR count). The van der Waals surface area contributed by atoms with Crippen LogP contribution in [0.2, 0.25) is 0 Å². The van der Waals surface area contributed by atoms with Gasteiger partial charge in [0, 0.05) is 5.75 Å². The summed E-state index contributed by atoms with van der Waals surface area (Å²) in [5, 5.41) is 10.4. The van der Waals surface area contributed by atoms with E-state index >= 15 is 0 Å². The minimum atomic E-state index is -1.00. The minimum Gasteiger partial charge on any atom is -0.480 e. The van der Waals surface area contributed by atoms with Crippen LogP contribution >= 0.6 is 11.8 Å². The zero-order valence-electron chi connectivity index (χ0n) is 5.16. The molecule has 1 aliphatic rings. The normalized spacial score (nSPS) is 21.8. The quantitative estimate of drug-likeness (QED) is 0.537. The highest BCUT2D eigenvalue weighted by atomic mass is 32.2. The number of carbonyl (C=O) groups is 2. The molecule has 0 aliphatic carbocycles. The lowest BCUT2D eigenvalue weighted by Crippen LogP contribution is -2.32. The van der Waals surface area contributed by atoms with Crippen molar-refractivity contribution in [3.05, 3.63) is 0 Å². The third-order valence-electron chi connectivity index (χ3n) is 1.04. The molecule has 5 heteroatoms. The van der Waals surface area contributed by atoms with Gasteiger partial charge in [-0.2, -0.15) is 0 Å². The van der Waals surface area contributed by atoms with Gasteiger partial charge in [-0.1, -0.05) is 0 Å². The number of hydrogen-bond donors (Lipinski definition) is 2. The number of carboxylic acids is 1. The highest BCUT2D eigenvalue weighted by Gasteiger charge is 2.30. The Morgan fingerprint density at radius 3 is 2.70 bits per heavy atom. The molecule has 1 unspecified atom stereocenters. The van der Waals surface area contributed by atoms with E-state index in [0.717, 1.165) is 5.75 Å². The van der Waals surface area contributed by atoms with Gasteiger partial charge in [-0.05, 0) is 0 Å². The van der Waals surface area contributed by atoms with Gasteiger partial charge in [0.25, 0.3) is 0 Å². The molecule has 2 N–H and O–H groups in total. The van der Waals surface area contributed by atoms with Crippen molar-refractivity contribution in [3.63, 3.8) is 0 Å². The summed E-state index contributed by atoms with van der Waals surface area (Å²) >= 11 is 1.52. The summed E-state index contributed by atoms with van der Waals surface area (Å²) < 4.78 is 0. The van der Waals surface area contributed by atoms with Crippen LogP contribution in [0.3, 0.4) is 0 Å². The first-order chi connectivity index (χ1) is 4.70. The van der Waals surface area contributed by atoms with Crippen molar-refractivity contribution >= 4 is 23.6 Å². The number of aliphatic carboxylic acids is 1. The Bertz CT molecular complexity index is 166. The van der Waals surface area contributed by atoms with Gasteiger partial charge in [0.2, 0.25) is 5.91 Å². The van der Waals surface area contributed by atoms with Gasteiger partial charge in [-0.15, -0.1) is 11.8 Å². The molecule has 1 heterocycles. The summed E-state index contributed by atoms with van der Waals surface area (Å²) in [5.74, 6) is -0.336. The van der Waals surface area contributed by atoms with E-state index in [0.29, 0.717) is 0 Å². The fourth-order valence-corrected chi connectivity index (χ4v) is 0.958. The van der Waals surface area contributed by atoms with Crippen LogP contribution in [0.25, 0.3) is 0 Å². The summed E-state index contributed by atoms with van der Waals surface area (Å²) in [6.45, 7) is -0.268. The third-order valence-corrected chi connectivity index (χ3v) is 1.92. The molecule has 10 heavy (non-hydrogen) atoms. The first kappa shape index (κ1) is 7.40. The van der Waals surface area contributed by atoms with Crippen molar-refractivity contribution < 1.29 is 14.7 Å². The topological polar surface area (TPSA) is 66.4 Å². The molecule has 0 aromatic rings. The molecule has 0 aromatic heterocycles. The summed E-state index contributed by atoms with van der Waals surface area (Å²) in [5.41, 5.74) is 0. The molecule has 1 amide bonds. The Kier molecular flexibility index (Phi) is 2.16. The molecule has 56 valence electrons. The van der Waals surface area contributed by atoms with Crippen LogP contribution in [0.4, 0.5) is 0 Å². The van der Waals surface area contributed by atoms with Crippen molar-refractivity contribution in [3.8, 4) is 0 Å². The Hall–Kier alpha value is -0.710. The fraction of sp³-hybridized carbons (Fsp3) is 0.600. The van der Waals surface area contributed by atoms with E-state index in [9.17, 15) is 9.59 Å². The standard InChI is InChI=1S/C5H7NO3S/c7-4(8)1-6-5(9)3-2-10-3/h3H,1-2H2,(H,6,9)(H,7,8). The van der Waals surface area contributed by atoms with E-state index in [-0.39, 0.29) is 17.7 Å². The van der Waals surface area contributed by atoms with E-state index in [1.54, 1.807) is 0 Å². The maximum atomic E-state index is 10.7. The average Bonchev–Trinajstić information content (AvgIpc) is 2.63. The van der Waals surface area contributed by atoms with Gasteiger partial charge >= 0.3 is 5.97 Å². The van der Waals surface area contributed by atoms with Crippen LogP contribution in [0.15, 0.2) is 0 Å². The second-order valence-electron chi connectivity index (χ2n) is 1.93. The first-order valence-corrected chi connectivity index (χ1v) is 3.86. The van der Waals surface area contributed by atoms with Gasteiger partial charge in [0.15, 0.2) is 0 Å². The van der Waals surface area contributed by atoms with E-state index in [4.69, 9.17) is 5.11 Å². The predicted octanol–water partition coefficient (Wildman–Crippen LogP) is -0.697. The average molecular weight is 161 g/mol. The molecule has 0 spiro atoms. The maximum Gasteiger partial charge on any atom is 0.322 e. The lowest BCUT2D eigenvalue weighted by atomic mass is 10.4. The predicted molar refractivity (Wildman–Crippen MR) is 36.9 cm³/mol. The first-order valence-electron chi connectivity index (χ1n) is 2.81. The Morgan fingerprint density at radius 2 is 2.30 bits per heavy atom. The zero-order chi connectivity index (χ0) is 7.56. The maximum absolute atomic E-state index is 10.7. The molecular formula is C5H7NO3S. The second-order valence-corrected chi connectivity index (χ2v) is 3.17. The van der Waals surface area contributed by atoms with Crippen LogP contribution in [0.5, 0.6) is 0 Å². The number of carbonyl (C=O) groups excluding carboxylic acids is 1. The summed E-state index contributed by atoms with van der Waals surface area (Å²) in [7, 11) is 0. The smallest absolute Gasteiger partial charge is 0.322 e. The van der Waals surface area contributed by atoms with Crippen molar-refractivity contribution in [2.75, 3.05) is 12.3 Å². The van der Waals surface area contributed by atoms with Gasteiger partial charge in [-0.25, -0.2) is 0 Å². The number of amides is 1. The van der Waals surface area contributed by atoms with E-state index in [1.807, 2.05) is 0 Å². The monoisotopic (exact) mass is 161 g/mol. The molecule has 4 nitrogen and oxygen atoms in total. The van der Waals surface area contributed by atoms with Crippen molar-refractivity contribution in [2.45, 2.75) is 5.25 Å². The lowest BCUT2D eigenvalue weighted by molar-refractivity contribution is -0.137. The highest BCUT2D eigenvalue weighted by molar-refractivity contribution is 8.07. The van der Waals surface area contributed by atoms with Crippen LogP contribution in [-0.2, 0) is 9.59 Å². The number of rotatable bonds is 3. The SMILES string of the molecule is O=C(O)CNC(=O)C1CS1. The van der Waals surface area contributed by atoms with Crippen molar-refractivity contribution in [2.24, 2.45) is 0 Å². The molecular weight excluding hydrogens is 154 g/mol. The van der Waals surface area contributed by atoms with E-state index in [2.05, 4.69) is 5.32 Å². The van der Waals surface area contributed by atoms with Gasteiger partial charge in [0.05, 0.1) is 5.25 Å². The molecule has 0 radical (unpaired) electrons. The van der Waals surface area contributed by atoms with Crippen LogP contribution in [0.1, 0.15) is 0 Å². The third kappa shape index (κ3) is 2.26. The van der Waals surface area contributed by atoms with Crippen LogP contribution in [0, 0.1) is 0 Å². The molecule has 1 fully saturated rings. The Morgan fingerprint density at radius 1 is 1.70 bits per heavy atom.